The molecule has 154 valence electrons. The highest BCUT2D eigenvalue weighted by molar-refractivity contribution is 5.96. The number of aryl methyl sites for hydroxylation is 2. The molecule has 1 amide bonds. The van der Waals surface area contributed by atoms with E-state index in [2.05, 4.69) is 0 Å². The molecule has 7 heteroatoms. The highest BCUT2D eigenvalue weighted by Gasteiger charge is 2.37. The van der Waals surface area contributed by atoms with E-state index in [1.54, 1.807) is 12.1 Å². The number of carbonyl (C=O) groups excluding carboxylic acids is 2. The van der Waals surface area contributed by atoms with Crippen LogP contribution in [-0.4, -0.2) is 34.3 Å². The Morgan fingerprint density at radius 3 is 2.24 bits per heavy atom. The molecule has 0 bridgehead atoms. The molecule has 29 heavy (non-hydrogen) atoms. The fraction of sp³-hybridized carbons (Fsp3) is 0.364. The van der Waals surface area contributed by atoms with E-state index in [0.29, 0.717) is 5.56 Å². The van der Waals surface area contributed by atoms with Crippen LogP contribution in [0.5, 0.6) is 0 Å². The third kappa shape index (κ3) is 4.67. The number of carbonyl (C=O) groups is 2. The molecule has 0 radical (unpaired) electrons. The summed E-state index contributed by atoms with van der Waals surface area (Å²) in [6.07, 6.45) is -5.60. The first-order valence-corrected chi connectivity index (χ1v) is 9.32. The van der Waals surface area contributed by atoms with Gasteiger partial charge in [-0.1, -0.05) is 29.3 Å². The summed E-state index contributed by atoms with van der Waals surface area (Å²) in [7, 11) is 0. The average molecular weight is 405 g/mol. The van der Waals surface area contributed by atoms with Crippen LogP contribution in [0.1, 0.15) is 51.6 Å². The lowest BCUT2D eigenvalue weighted by molar-refractivity contribution is -0.137. The summed E-state index contributed by atoms with van der Waals surface area (Å²) in [4.78, 5) is 26.6. The summed E-state index contributed by atoms with van der Waals surface area (Å²) in [5.74, 6) is -0.398. The first-order chi connectivity index (χ1) is 13.6. The van der Waals surface area contributed by atoms with Crippen LogP contribution in [0, 0.1) is 13.8 Å². The SMILES string of the molecule is Cc1cc(C)cc(C(=O)N2CCC(=O)C[C@@H]2[C@H](O)c2ccc(C(F)(F)F)cc2)c1. The average Bonchev–Trinajstić information content (AvgIpc) is 2.65. The predicted octanol–water partition coefficient (Wildman–Crippen LogP) is 4.23. The van der Waals surface area contributed by atoms with Gasteiger partial charge < -0.3 is 10.0 Å². The maximum atomic E-state index is 13.1. The minimum atomic E-state index is -4.48. The van der Waals surface area contributed by atoms with Gasteiger partial charge in [-0.25, -0.2) is 0 Å². The van der Waals surface area contributed by atoms with E-state index >= 15 is 0 Å². The third-order valence-corrected chi connectivity index (χ3v) is 5.14. The van der Waals surface area contributed by atoms with Gasteiger partial charge in [-0.3, -0.25) is 9.59 Å². The number of alkyl halides is 3. The molecule has 1 fully saturated rings. The Morgan fingerprint density at radius 2 is 1.69 bits per heavy atom. The fourth-order valence-corrected chi connectivity index (χ4v) is 3.75. The number of aliphatic hydroxyl groups excluding tert-OH is 1. The second-order valence-electron chi connectivity index (χ2n) is 7.50. The smallest absolute Gasteiger partial charge is 0.386 e. The number of aliphatic hydroxyl groups is 1. The number of benzene rings is 2. The summed E-state index contributed by atoms with van der Waals surface area (Å²) in [6, 6.07) is 8.74. The molecule has 3 rings (SSSR count). The molecular formula is C22H22F3NO3. The van der Waals surface area contributed by atoms with Crippen LogP contribution in [0.25, 0.3) is 0 Å². The van der Waals surface area contributed by atoms with Crippen molar-refractivity contribution in [1.29, 1.82) is 0 Å². The van der Waals surface area contributed by atoms with Gasteiger partial charge in [0.1, 0.15) is 5.78 Å². The number of nitrogens with zero attached hydrogens (tertiary/aromatic N) is 1. The number of ketones is 1. The first kappa shape index (κ1) is 21.0. The molecule has 0 aromatic heterocycles. The standard InChI is InChI=1S/C22H22F3NO3/c1-13-9-14(2)11-16(10-13)21(29)26-8-7-18(27)12-19(26)20(28)15-3-5-17(6-4-15)22(23,24)25/h3-6,9-11,19-20,28H,7-8,12H2,1-2H3/t19-,20-/m1/s1. The Hall–Kier alpha value is -2.67. The lowest BCUT2D eigenvalue weighted by Gasteiger charge is -2.38. The van der Waals surface area contributed by atoms with Crippen LogP contribution in [-0.2, 0) is 11.0 Å². The molecule has 0 aliphatic carbocycles. The first-order valence-electron chi connectivity index (χ1n) is 9.32. The number of rotatable bonds is 3. The molecule has 2 aromatic rings. The molecule has 2 aromatic carbocycles. The Balaban J connectivity index is 1.89. The van der Waals surface area contributed by atoms with Crippen LogP contribution in [0.2, 0.25) is 0 Å². The largest absolute Gasteiger partial charge is 0.416 e. The van der Waals surface area contributed by atoms with Crippen molar-refractivity contribution in [1.82, 2.24) is 4.90 Å². The molecule has 0 unspecified atom stereocenters. The van der Waals surface area contributed by atoms with Crippen LogP contribution in [0.4, 0.5) is 13.2 Å². The zero-order valence-electron chi connectivity index (χ0n) is 16.2. The van der Waals surface area contributed by atoms with E-state index < -0.39 is 23.9 Å². The van der Waals surface area contributed by atoms with E-state index in [1.807, 2.05) is 19.9 Å². The van der Waals surface area contributed by atoms with Crippen molar-refractivity contribution in [3.63, 3.8) is 0 Å². The third-order valence-electron chi connectivity index (χ3n) is 5.14. The lowest BCUT2D eigenvalue weighted by Crippen LogP contribution is -2.49. The van der Waals surface area contributed by atoms with E-state index in [4.69, 9.17) is 0 Å². The summed E-state index contributed by atoms with van der Waals surface area (Å²) in [6.45, 7) is 3.91. The van der Waals surface area contributed by atoms with Crippen molar-refractivity contribution in [3.8, 4) is 0 Å². The van der Waals surface area contributed by atoms with Crippen molar-refractivity contribution in [3.05, 3.63) is 70.3 Å². The lowest BCUT2D eigenvalue weighted by atomic mass is 9.91. The van der Waals surface area contributed by atoms with Gasteiger partial charge in [0.05, 0.1) is 17.7 Å². The minimum Gasteiger partial charge on any atom is -0.386 e. The quantitative estimate of drug-likeness (QED) is 0.832. The van der Waals surface area contributed by atoms with Crippen molar-refractivity contribution < 1.29 is 27.9 Å². The summed E-state index contributed by atoms with van der Waals surface area (Å²) in [5.41, 5.74) is 1.70. The number of piperidine rings is 1. The number of Topliss-reactive ketones (excluding diaryl/α,β-unsaturated/α-hetero) is 1. The Bertz CT molecular complexity index is 902. The molecule has 0 spiro atoms. The number of likely N-dealkylation sites (tertiary alicyclic amines) is 1. The van der Waals surface area contributed by atoms with Crippen LogP contribution >= 0.6 is 0 Å². The number of amides is 1. The van der Waals surface area contributed by atoms with Gasteiger partial charge in [-0.2, -0.15) is 13.2 Å². The van der Waals surface area contributed by atoms with E-state index in [9.17, 15) is 27.9 Å². The van der Waals surface area contributed by atoms with Gasteiger partial charge in [0.2, 0.25) is 0 Å². The number of hydrogen-bond donors (Lipinski definition) is 1. The monoisotopic (exact) mass is 405 g/mol. The van der Waals surface area contributed by atoms with Crippen molar-refractivity contribution in [2.75, 3.05) is 6.54 Å². The normalized spacial score (nSPS) is 18.6. The maximum Gasteiger partial charge on any atom is 0.416 e. The Morgan fingerprint density at radius 1 is 1.10 bits per heavy atom. The van der Waals surface area contributed by atoms with Gasteiger partial charge in [0.15, 0.2) is 0 Å². The van der Waals surface area contributed by atoms with Crippen LogP contribution in [0.3, 0.4) is 0 Å². The molecule has 1 N–H and O–H groups in total. The van der Waals surface area contributed by atoms with Crippen molar-refractivity contribution in [2.45, 2.75) is 45.0 Å². The van der Waals surface area contributed by atoms with Gasteiger partial charge in [0, 0.05) is 24.9 Å². The summed E-state index contributed by atoms with van der Waals surface area (Å²) < 4.78 is 38.4. The van der Waals surface area contributed by atoms with Crippen LogP contribution < -0.4 is 0 Å². The van der Waals surface area contributed by atoms with Gasteiger partial charge >= 0.3 is 6.18 Å². The van der Waals surface area contributed by atoms with Crippen molar-refractivity contribution in [2.24, 2.45) is 0 Å². The fourth-order valence-electron chi connectivity index (χ4n) is 3.75. The second kappa shape index (κ2) is 7.99. The van der Waals surface area contributed by atoms with E-state index in [1.165, 1.54) is 17.0 Å². The molecule has 2 atom stereocenters. The summed E-state index contributed by atoms with van der Waals surface area (Å²) in [5, 5.41) is 10.8. The Labute approximate surface area is 167 Å². The molecule has 1 aliphatic rings. The van der Waals surface area contributed by atoms with E-state index in [-0.39, 0.29) is 36.6 Å². The molecule has 4 nitrogen and oxygen atoms in total. The molecular weight excluding hydrogens is 383 g/mol. The Kier molecular flexibility index (Phi) is 5.80. The van der Waals surface area contributed by atoms with Crippen LogP contribution in [0.15, 0.2) is 42.5 Å². The molecule has 1 heterocycles. The molecule has 1 aliphatic heterocycles. The molecule has 1 saturated heterocycles. The van der Waals surface area contributed by atoms with Gasteiger partial charge in [-0.05, 0) is 43.7 Å². The van der Waals surface area contributed by atoms with Gasteiger partial charge in [0.25, 0.3) is 5.91 Å². The zero-order valence-corrected chi connectivity index (χ0v) is 16.2. The number of halogens is 3. The highest BCUT2D eigenvalue weighted by atomic mass is 19.4. The topological polar surface area (TPSA) is 57.6 Å². The molecule has 0 saturated carbocycles. The predicted molar refractivity (Wildman–Crippen MR) is 101 cm³/mol. The maximum absolute atomic E-state index is 13.1. The second-order valence-corrected chi connectivity index (χ2v) is 7.50. The number of hydrogen-bond acceptors (Lipinski definition) is 3. The minimum absolute atomic E-state index is 0.0429. The summed E-state index contributed by atoms with van der Waals surface area (Å²) >= 11 is 0. The zero-order chi connectivity index (χ0) is 21.3. The van der Waals surface area contributed by atoms with Crippen molar-refractivity contribution >= 4 is 11.7 Å². The van der Waals surface area contributed by atoms with E-state index in [0.717, 1.165) is 23.3 Å². The van der Waals surface area contributed by atoms with Gasteiger partial charge in [-0.15, -0.1) is 0 Å². The highest BCUT2D eigenvalue weighted by Crippen LogP contribution is 2.33.